The second-order valence-corrected chi connectivity index (χ2v) is 9.61. The van der Waals surface area contributed by atoms with Crippen molar-refractivity contribution in [3.63, 3.8) is 0 Å². The lowest BCUT2D eigenvalue weighted by Gasteiger charge is -2.20. The Hall–Kier alpha value is -4.28. The van der Waals surface area contributed by atoms with Gasteiger partial charge in [0.25, 0.3) is 0 Å². The summed E-state index contributed by atoms with van der Waals surface area (Å²) in [5, 5.41) is 0.449. The van der Waals surface area contributed by atoms with Crippen LogP contribution in [-0.2, 0) is 4.79 Å². The van der Waals surface area contributed by atoms with Crippen LogP contribution in [0.4, 0.5) is 10.1 Å². The highest BCUT2D eigenvalue weighted by molar-refractivity contribution is 7.80. The lowest BCUT2D eigenvalue weighted by atomic mass is 10.1. The van der Waals surface area contributed by atoms with Crippen LogP contribution >= 0.6 is 12.2 Å². The smallest absolute Gasteiger partial charge is 0.230 e. The molecule has 1 aromatic heterocycles. The molecule has 0 saturated carbocycles. The highest BCUT2D eigenvalue weighted by Gasteiger charge is 2.18. The second kappa shape index (κ2) is 13.4. The number of pyridine rings is 1. The summed E-state index contributed by atoms with van der Waals surface area (Å²) < 4.78 is 32.2. The number of carbonyl (C=O) groups is 1. The largest absolute Gasteiger partial charge is 0.493 e. The maximum absolute atomic E-state index is 14.9. The molecule has 2 aliphatic carbocycles. The molecule has 0 saturated heterocycles. The maximum atomic E-state index is 14.9. The van der Waals surface area contributed by atoms with E-state index in [1.807, 2.05) is 0 Å². The number of benzene rings is 3. The van der Waals surface area contributed by atoms with Crippen LogP contribution in [0, 0.1) is 5.82 Å². The number of methoxy groups -OCH3 is 1. The number of nitrogens with zero attached hydrogens (tertiary/aromatic N) is 3. The standard InChI is InChI=1S/C25H29FN4O4S.C6H4/c1-5-29(6-2)11-12-33-24-15-20-18(14-23(24)32-4)21(9-10-28-20)34-22-8-7-17(13-19(22)26)30(16(3)31)25(27)35;1-2-5-4-6(5)3-1/h7-10,13-15H,5-6,11-12H2,1-4H3,(H2,27,35);1-4H. The molecule has 41 heavy (non-hydrogen) atoms. The number of hydrogen-bond donors (Lipinski definition) is 1. The van der Waals surface area contributed by atoms with Gasteiger partial charge in [-0.1, -0.05) is 32.0 Å². The maximum Gasteiger partial charge on any atom is 0.230 e. The summed E-state index contributed by atoms with van der Waals surface area (Å²) in [7, 11) is 1.55. The zero-order chi connectivity index (χ0) is 29.5. The number of thiocarbonyl (C=S) groups is 1. The number of anilines is 1. The predicted octanol–water partition coefficient (Wildman–Crippen LogP) is 6.16. The SMILES string of the molecule is CCN(CC)CCOc1cc2nccc(Oc3ccc(N(C(C)=O)C(N)=S)cc3F)c2cc1OC.c1cc2cc-2c1. The summed E-state index contributed by atoms with van der Waals surface area (Å²) >= 11 is 4.89. The molecule has 0 unspecified atom stereocenters. The number of ether oxygens (including phenoxy) is 3. The third kappa shape index (κ3) is 7.27. The molecule has 1 heterocycles. The Morgan fingerprint density at radius 1 is 0.976 bits per heavy atom. The quantitative estimate of drug-likeness (QED) is 0.198. The van der Waals surface area contributed by atoms with E-state index in [1.54, 1.807) is 31.5 Å². The first kappa shape index (κ1) is 29.7. The first-order chi connectivity index (χ1) is 19.7. The van der Waals surface area contributed by atoms with Crippen molar-refractivity contribution in [2.75, 3.05) is 38.3 Å². The van der Waals surface area contributed by atoms with Crippen LogP contribution in [0.5, 0.6) is 23.0 Å². The number of hydrogen-bond acceptors (Lipinski definition) is 7. The predicted molar refractivity (Wildman–Crippen MR) is 163 cm³/mol. The van der Waals surface area contributed by atoms with E-state index in [-0.39, 0.29) is 16.5 Å². The van der Waals surface area contributed by atoms with Crippen LogP contribution in [0.2, 0.25) is 0 Å². The molecule has 0 radical (unpaired) electrons. The first-order valence-electron chi connectivity index (χ1n) is 13.3. The van der Waals surface area contributed by atoms with Crippen LogP contribution in [0.25, 0.3) is 22.0 Å². The van der Waals surface area contributed by atoms with Crippen LogP contribution in [0.3, 0.4) is 0 Å². The van der Waals surface area contributed by atoms with Crippen LogP contribution in [0.1, 0.15) is 20.8 Å². The fraction of sp³-hybridized carbons (Fsp3) is 0.258. The van der Waals surface area contributed by atoms with Gasteiger partial charge in [-0.2, -0.15) is 0 Å². The van der Waals surface area contributed by atoms with Crippen molar-refractivity contribution >= 4 is 39.8 Å². The third-order valence-electron chi connectivity index (χ3n) is 6.59. The molecule has 1 amide bonds. The van der Waals surface area contributed by atoms with Gasteiger partial charge >= 0.3 is 0 Å². The first-order valence-corrected chi connectivity index (χ1v) is 13.7. The van der Waals surface area contributed by atoms with Crippen LogP contribution in [0.15, 0.2) is 66.9 Å². The Bertz CT molecular complexity index is 1530. The van der Waals surface area contributed by atoms with E-state index in [0.29, 0.717) is 34.8 Å². The summed E-state index contributed by atoms with van der Waals surface area (Å²) in [5.41, 5.74) is 9.26. The summed E-state index contributed by atoms with van der Waals surface area (Å²) in [6.07, 6.45) is 1.57. The second-order valence-electron chi connectivity index (χ2n) is 9.19. The summed E-state index contributed by atoms with van der Waals surface area (Å²) in [4.78, 5) is 19.5. The van der Waals surface area contributed by atoms with Crippen molar-refractivity contribution < 1.29 is 23.4 Å². The van der Waals surface area contributed by atoms with Gasteiger partial charge in [0.05, 0.1) is 18.3 Å². The molecule has 0 fully saturated rings. The van der Waals surface area contributed by atoms with E-state index in [1.165, 1.54) is 30.2 Å². The molecule has 0 atom stereocenters. The summed E-state index contributed by atoms with van der Waals surface area (Å²) in [6, 6.07) is 17.7. The fourth-order valence-electron chi connectivity index (χ4n) is 4.28. The number of carbonyl (C=O) groups excluding carboxylic acids is 1. The van der Waals surface area contributed by atoms with Gasteiger partial charge in [0.1, 0.15) is 12.4 Å². The zero-order valence-corrected chi connectivity index (χ0v) is 24.3. The van der Waals surface area contributed by atoms with Gasteiger partial charge in [0, 0.05) is 37.2 Å². The Balaban J connectivity index is 0.000000560. The number of fused-ring (bicyclic) bond motifs is 2. The van der Waals surface area contributed by atoms with Crippen molar-refractivity contribution in [2.45, 2.75) is 20.8 Å². The van der Waals surface area contributed by atoms with E-state index in [2.05, 4.69) is 48.0 Å². The highest BCUT2D eigenvalue weighted by atomic mass is 32.1. The minimum absolute atomic E-state index is 0.0359. The van der Waals surface area contributed by atoms with Gasteiger partial charge in [0.15, 0.2) is 28.2 Å². The molecule has 2 aromatic carbocycles. The molecule has 5 rings (SSSR count). The van der Waals surface area contributed by atoms with E-state index in [4.69, 9.17) is 32.2 Å². The highest BCUT2D eigenvalue weighted by Crippen LogP contribution is 2.38. The van der Waals surface area contributed by atoms with Crippen LogP contribution in [-0.4, -0.2) is 54.3 Å². The molecule has 2 N–H and O–H groups in total. The Morgan fingerprint density at radius 2 is 1.71 bits per heavy atom. The molecular formula is C31H33FN4O4S. The Morgan fingerprint density at radius 3 is 2.24 bits per heavy atom. The molecule has 10 heteroatoms. The van der Waals surface area contributed by atoms with E-state index >= 15 is 0 Å². The number of halogens is 1. The normalized spacial score (nSPS) is 11.0. The molecule has 8 nitrogen and oxygen atoms in total. The molecular weight excluding hydrogens is 543 g/mol. The molecule has 3 aromatic rings. The lowest BCUT2D eigenvalue weighted by Crippen LogP contribution is -2.39. The van der Waals surface area contributed by atoms with Gasteiger partial charge in [-0.25, -0.2) is 4.39 Å². The molecule has 214 valence electrons. The van der Waals surface area contributed by atoms with Gasteiger partial charge in [0.2, 0.25) is 5.91 Å². The van der Waals surface area contributed by atoms with E-state index in [9.17, 15) is 9.18 Å². The molecule has 2 aliphatic rings. The van der Waals surface area contributed by atoms with Gasteiger partial charge in [-0.15, -0.1) is 0 Å². The Kier molecular flexibility index (Phi) is 9.69. The minimum atomic E-state index is -0.682. The minimum Gasteiger partial charge on any atom is -0.493 e. The van der Waals surface area contributed by atoms with Crippen LogP contribution < -0.4 is 24.8 Å². The van der Waals surface area contributed by atoms with Crippen molar-refractivity contribution in [3.05, 3.63) is 72.7 Å². The molecule has 0 aliphatic heterocycles. The Labute approximate surface area is 244 Å². The van der Waals surface area contributed by atoms with Gasteiger partial charge < -0.3 is 24.8 Å². The molecule has 0 spiro atoms. The number of amides is 1. The third-order valence-corrected chi connectivity index (χ3v) is 6.77. The average Bonchev–Trinajstić information content (AvgIpc) is 3.55. The van der Waals surface area contributed by atoms with E-state index in [0.717, 1.165) is 30.6 Å². The summed E-state index contributed by atoms with van der Waals surface area (Å²) in [6.45, 7) is 8.68. The fourth-order valence-corrected chi connectivity index (χ4v) is 4.52. The molecule has 0 bridgehead atoms. The van der Waals surface area contributed by atoms with Crippen molar-refractivity contribution in [2.24, 2.45) is 5.73 Å². The average molecular weight is 577 g/mol. The van der Waals surface area contributed by atoms with Gasteiger partial charge in [-0.3, -0.25) is 14.7 Å². The number of rotatable bonds is 10. The number of nitrogens with two attached hydrogens (primary N) is 1. The number of likely N-dealkylation sites (N-methyl/N-ethyl adjacent to an activating group) is 1. The van der Waals surface area contributed by atoms with Crippen molar-refractivity contribution in [1.29, 1.82) is 0 Å². The van der Waals surface area contributed by atoms with E-state index < -0.39 is 11.7 Å². The van der Waals surface area contributed by atoms with Gasteiger partial charge in [-0.05, 0) is 66.8 Å². The monoisotopic (exact) mass is 576 g/mol. The van der Waals surface area contributed by atoms with Crippen molar-refractivity contribution in [3.8, 4) is 34.1 Å². The van der Waals surface area contributed by atoms with Crippen molar-refractivity contribution in [1.82, 2.24) is 9.88 Å². The topological polar surface area (TPSA) is 90.2 Å². The summed E-state index contributed by atoms with van der Waals surface area (Å²) in [5.74, 6) is 0.318. The zero-order valence-electron chi connectivity index (χ0n) is 23.5. The lowest BCUT2D eigenvalue weighted by molar-refractivity contribution is -0.115. The number of aromatic nitrogens is 1.